The molecule has 0 fully saturated rings. The smallest absolute Gasteiger partial charge is 0.326 e. The van der Waals surface area contributed by atoms with Crippen LogP contribution in [0.2, 0.25) is 0 Å². The van der Waals surface area contributed by atoms with E-state index < -0.39 is 22.9 Å². The lowest BCUT2D eigenvalue weighted by atomic mass is 9.92. The van der Waals surface area contributed by atoms with E-state index in [1.165, 1.54) is 30.0 Å². The summed E-state index contributed by atoms with van der Waals surface area (Å²) in [5.41, 5.74) is -0.149. The van der Waals surface area contributed by atoms with Gasteiger partial charge in [0.15, 0.2) is 0 Å². The van der Waals surface area contributed by atoms with Crippen molar-refractivity contribution < 1.29 is 22.8 Å². The van der Waals surface area contributed by atoms with Crippen molar-refractivity contribution in [2.24, 2.45) is 5.41 Å². The standard InChI is InChI=1S/C27H27F3N2O2S/c1-26(2,3)17-23(33)31-19-12-9-13-20(16-19)35-24(18-10-5-4-6-11-18)25(34)32-22-15-8-7-14-21(22)27(28,29)30/h4-16,24H,17H2,1-3H3,(H,31,33)(H,32,34). The summed E-state index contributed by atoms with van der Waals surface area (Å²) in [6, 6.07) is 20.8. The third-order valence-corrected chi connectivity index (χ3v) is 6.14. The van der Waals surface area contributed by atoms with Crippen LogP contribution in [0.1, 0.15) is 43.6 Å². The molecule has 3 aromatic rings. The summed E-state index contributed by atoms with van der Waals surface area (Å²) in [6.07, 6.45) is -4.25. The quantitative estimate of drug-likeness (QED) is 0.329. The Morgan fingerprint density at radius 1 is 0.857 bits per heavy atom. The summed E-state index contributed by atoms with van der Waals surface area (Å²) in [5, 5.41) is 4.50. The number of carbonyl (C=O) groups is 2. The zero-order valence-electron chi connectivity index (χ0n) is 19.6. The van der Waals surface area contributed by atoms with Gasteiger partial charge < -0.3 is 10.6 Å². The molecule has 0 aromatic heterocycles. The van der Waals surface area contributed by atoms with Crippen LogP contribution in [-0.4, -0.2) is 11.8 Å². The van der Waals surface area contributed by atoms with Gasteiger partial charge in [-0.15, -0.1) is 11.8 Å². The second kappa shape index (κ2) is 11.0. The van der Waals surface area contributed by atoms with Crippen LogP contribution >= 0.6 is 11.8 Å². The first-order valence-electron chi connectivity index (χ1n) is 11.0. The van der Waals surface area contributed by atoms with Crippen molar-refractivity contribution in [3.8, 4) is 0 Å². The van der Waals surface area contributed by atoms with Crippen LogP contribution < -0.4 is 10.6 Å². The first kappa shape index (κ1) is 26.3. The molecule has 0 heterocycles. The number of halogens is 3. The van der Waals surface area contributed by atoms with Gasteiger partial charge in [-0.3, -0.25) is 9.59 Å². The molecule has 0 saturated heterocycles. The van der Waals surface area contributed by atoms with Crippen molar-refractivity contribution in [3.05, 3.63) is 90.0 Å². The highest BCUT2D eigenvalue weighted by Crippen LogP contribution is 2.39. The van der Waals surface area contributed by atoms with Gasteiger partial charge in [0, 0.05) is 17.0 Å². The molecule has 1 unspecified atom stereocenters. The Morgan fingerprint density at radius 2 is 1.51 bits per heavy atom. The fraction of sp³-hybridized carbons (Fsp3) is 0.259. The number of hydrogen-bond donors (Lipinski definition) is 2. The number of rotatable bonds is 7. The molecular weight excluding hydrogens is 473 g/mol. The summed E-state index contributed by atoms with van der Waals surface area (Å²) >= 11 is 1.19. The summed E-state index contributed by atoms with van der Waals surface area (Å²) in [5.74, 6) is -0.708. The molecule has 0 bridgehead atoms. The highest BCUT2D eigenvalue weighted by atomic mass is 32.2. The van der Waals surface area contributed by atoms with E-state index in [1.807, 2.05) is 20.8 Å². The van der Waals surface area contributed by atoms with Crippen molar-refractivity contribution in [2.75, 3.05) is 10.6 Å². The SMILES string of the molecule is CC(C)(C)CC(=O)Nc1cccc(SC(C(=O)Nc2ccccc2C(F)(F)F)c2ccccc2)c1. The van der Waals surface area contributed by atoms with Crippen LogP contribution in [0.4, 0.5) is 24.5 Å². The van der Waals surface area contributed by atoms with Gasteiger partial charge in [0.05, 0.1) is 11.3 Å². The van der Waals surface area contributed by atoms with E-state index in [-0.39, 0.29) is 17.0 Å². The molecule has 35 heavy (non-hydrogen) atoms. The lowest BCUT2D eigenvalue weighted by molar-refractivity contribution is -0.137. The van der Waals surface area contributed by atoms with Gasteiger partial charge in [0.2, 0.25) is 11.8 Å². The van der Waals surface area contributed by atoms with Crippen LogP contribution in [0.3, 0.4) is 0 Å². The Hall–Kier alpha value is -3.26. The summed E-state index contributed by atoms with van der Waals surface area (Å²) in [7, 11) is 0. The third-order valence-electron chi connectivity index (χ3n) is 4.89. The van der Waals surface area contributed by atoms with Crippen molar-refractivity contribution in [3.63, 3.8) is 0 Å². The van der Waals surface area contributed by atoms with Gasteiger partial charge in [0.25, 0.3) is 0 Å². The van der Waals surface area contributed by atoms with E-state index in [4.69, 9.17) is 0 Å². The number of carbonyl (C=O) groups excluding carboxylic acids is 2. The molecule has 0 radical (unpaired) electrons. The van der Waals surface area contributed by atoms with Crippen molar-refractivity contribution >= 4 is 35.0 Å². The molecule has 8 heteroatoms. The van der Waals surface area contributed by atoms with Gasteiger partial charge in [-0.05, 0) is 41.3 Å². The topological polar surface area (TPSA) is 58.2 Å². The number of benzene rings is 3. The highest BCUT2D eigenvalue weighted by Gasteiger charge is 2.34. The molecule has 0 aliphatic carbocycles. The molecular formula is C27H27F3N2O2S. The Balaban J connectivity index is 1.85. The second-order valence-electron chi connectivity index (χ2n) is 9.25. The molecule has 0 aliphatic rings. The van der Waals surface area contributed by atoms with E-state index in [0.29, 0.717) is 22.6 Å². The van der Waals surface area contributed by atoms with E-state index in [1.54, 1.807) is 54.6 Å². The van der Waals surface area contributed by atoms with E-state index in [2.05, 4.69) is 10.6 Å². The lowest BCUT2D eigenvalue weighted by Crippen LogP contribution is -2.21. The largest absolute Gasteiger partial charge is 0.418 e. The maximum Gasteiger partial charge on any atom is 0.418 e. The third kappa shape index (κ3) is 7.89. The zero-order chi connectivity index (χ0) is 25.6. The normalized spacial score (nSPS) is 12.6. The van der Waals surface area contributed by atoms with Gasteiger partial charge >= 0.3 is 6.18 Å². The van der Waals surface area contributed by atoms with Crippen LogP contribution in [0.5, 0.6) is 0 Å². The Labute approximate surface area is 207 Å². The fourth-order valence-corrected chi connectivity index (χ4v) is 4.49. The molecule has 184 valence electrons. The van der Waals surface area contributed by atoms with E-state index >= 15 is 0 Å². The van der Waals surface area contributed by atoms with Gasteiger partial charge in [0.1, 0.15) is 5.25 Å². The van der Waals surface area contributed by atoms with Crippen molar-refractivity contribution in [1.82, 2.24) is 0 Å². The molecule has 2 N–H and O–H groups in total. The van der Waals surface area contributed by atoms with Crippen LogP contribution in [0.15, 0.2) is 83.8 Å². The van der Waals surface area contributed by atoms with Gasteiger partial charge in [-0.1, -0.05) is 69.3 Å². The molecule has 3 rings (SSSR count). The lowest BCUT2D eigenvalue weighted by Gasteiger charge is -2.20. The average Bonchev–Trinajstić information content (AvgIpc) is 2.76. The van der Waals surface area contributed by atoms with Crippen molar-refractivity contribution in [1.29, 1.82) is 0 Å². The first-order chi connectivity index (χ1) is 16.4. The number of anilines is 2. The molecule has 4 nitrogen and oxygen atoms in total. The molecule has 1 atom stereocenters. The molecule has 0 aliphatic heterocycles. The van der Waals surface area contributed by atoms with Crippen LogP contribution in [0, 0.1) is 5.41 Å². The van der Waals surface area contributed by atoms with Crippen LogP contribution in [0.25, 0.3) is 0 Å². The van der Waals surface area contributed by atoms with Crippen LogP contribution in [-0.2, 0) is 15.8 Å². The second-order valence-corrected chi connectivity index (χ2v) is 10.4. The Bertz CT molecular complexity index is 1170. The van der Waals surface area contributed by atoms with E-state index in [0.717, 1.165) is 6.07 Å². The number of amides is 2. The average molecular weight is 501 g/mol. The van der Waals surface area contributed by atoms with Crippen molar-refractivity contribution in [2.45, 2.75) is 43.5 Å². The summed E-state index contributed by atoms with van der Waals surface area (Å²) in [4.78, 5) is 26.3. The number of para-hydroxylation sites is 1. The molecule has 3 aromatic carbocycles. The molecule has 2 amide bonds. The summed E-state index contributed by atoms with van der Waals surface area (Å²) in [6.45, 7) is 5.91. The Kier molecular flexibility index (Phi) is 8.27. The fourth-order valence-electron chi connectivity index (χ4n) is 3.41. The maximum absolute atomic E-state index is 13.4. The predicted molar refractivity (Wildman–Crippen MR) is 134 cm³/mol. The minimum atomic E-state index is -4.60. The van der Waals surface area contributed by atoms with E-state index in [9.17, 15) is 22.8 Å². The predicted octanol–water partition coefficient (Wildman–Crippen LogP) is 7.55. The van der Waals surface area contributed by atoms with Gasteiger partial charge in [-0.2, -0.15) is 13.2 Å². The molecule has 0 spiro atoms. The summed E-state index contributed by atoms with van der Waals surface area (Å²) < 4.78 is 40.3. The number of hydrogen-bond acceptors (Lipinski definition) is 3. The maximum atomic E-state index is 13.4. The molecule has 0 saturated carbocycles. The highest BCUT2D eigenvalue weighted by molar-refractivity contribution is 8.00. The van der Waals surface area contributed by atoms with Gasteiger partial charge in [-0.25, -0.2) is 0 Å². The number of alkyl halides is 3. The monoisotopic (exact) mass is 500 g/mol. The zero-order valence-corrected chi connectivity index (χ0v) is 20.5. The number of thioether (sulfide) groups is 1. The minimum Gasteiger partial charge on any atom is -0.326 e. The Morgan fingerprint density at radius 3 is 2.17 bits per heavy atom. The minimum absolute atomic E-state index is 0.124. The first-order valence-corrected chi connectivity index (χ1v) is 11.9. The number of nitrogens with one attached hydrogen (secondary N) is 2.